The van der Waals surface area contributed by atoms with E-state index in [0.717, 1.165) is 42.1 Å². The van der Waals surface area contributed by atoms with Crippen LogP contribution in [0.1, 0.15) is 42.2 Å². The molecule has 0 atom stereocenters. The number of anilines is 2. The lowest BCUT2D eigenvalue weighted by atomic mass is 10.1. The van der Waals surface area contributed by atoms with Crippen molar-refractivity contribution < 1.29 is 9.53 Å². The molecule has 0 aliphatic carbocycles. The van der Waals surface area contributed by atoms with Crippen LogP contribution in [0.15, 0.2) is 48.5 Å². The van der Waals surface area contributed by atoms with Crippen molar-refractivity contribution in [3.63, 3.8) is 0 Å². The summed E-state index contributed by atoms with van der Waals surface area (Å²) in [5.74, 6) is 0.468. The molecule has 1 aliphatic heterocycles. The number of rotatable bonds is 6. The Bertz CT molecular complexity index is 1000. The molecule has 1 saturated heterocycles. The maximum absolute atomic E-state index is 12.9. The maximum Gasteiger partial charge on any atom is 0.255 e. The van der Waals surface area contributed by atoms with Crippen LogP contribution < -0.4 is 15.0 Å². The molecule has 2 heterocycles. The molecular formula is C24H28N4O2. The summed E-state index contributed by atoms with van der Waals surface area (Å²) < 4.78 is 5.24. The average Bonchev–Trinajstić information content (AvgIpc) is 3.22. The zero-order valence-electron chi connectivity index (χ0n) is 17.6. The van der Waals surface area contributed by atoms with Gasteiger partial charge in [-0.1, -0.05) is 25.1 Å². The van der Waals surface area contributed by atoms with E-state index in [1.807, 2.05) is 19.1 Å². The van der Waals surface area contributed by atoms with Gasteiger partial charge in [0.05, 0.1) is 18.5 Å². The molecule has 1 aliphatic rings. The van der Waals surface area contributed by atoms with Crippen LogP contribution in [0.2, 0.25) is 0 Å². The normalized spacial score (nSPS) is 13.9. The van der Waals surface area contributed by atoms with Gasteiger partial charge < -0.3 is 15.0 Å². The lowest BCUT2D eigenvalue weighted by Gasteiger charge is -2.28. The van der Waals surface area contributed by atoms with Crippen LogP contribution in [0.4, 0.5) is 11.4 Å². The highest BCUT2D eigenvalue weighted by Gasteiger charge is 2.18. The van der Waals surface area contributed by atoms with E-state index in [2.05, 4.69) is 44.7 Å². The number of hydrogen-bond acceptors (Lipinski definition) is 4. The molecule has 0 spiro atoms. The number of benzene rings is 2. The van der Waals surface area contributed by atoms with Crippen LogP contribution in [0.25, 0.3) is 11.3 Å². The number of carbonyl (C=O) groups excluding carboxylic acids is 1. The Balaban J connectivity index is 1.59. The first-order chi connectivity index (χ1) is 14.7. The van der Waals surface area contributed by atoms with Crippen molar-refractivity contribution in [2.24, 2.45) is 0 Å². The van der Waals surface area contributed by atoms with Crippen molar-refractivity contribution in [1.29, 1.82) is 0 Å². The standard InChI is InChI=1S/C24H28N4O2/c1-3-21-23(25-24(29)18-8-7-9-20(16-18)30-2)22(27-26-21)17-10-12-19(13-11-17)28-14-5-4-6-15-28/h7-13,16H,3-6,14-15H2,1-2H3,(H,25,29)(H,26,27). The fourth-order valence-corrected chi connectivity index (χ4v) is 3.91. The number of amides is 1. The number of hydrogen-bond donors (Lipinski definition) is 2. The van der Waals surface area contributed by atoms with Crippen LogP contribution in [-0.2, 0) is 6.42 Å². The van der Waals surface area contributed by atoms with E-state index < -0.39 is 0 Å². The second-order valence-corrected chi connectivity index (χ2v) is 7.56. The number of nitrogens with zero attached hydrogens (tertiary/aromatic N) is 2. The van der Waals surface area contributed by atoms with Crippen LogP contribution in [-0.4, -0.2) is 36.3 Å². The van der Waals surface area contributed by atoms with Crippen molar-refractivity contribution >= 4 is 17.3 Å². The quantitative estimate of drug-likeness (QED) is 0.614. The largest absolute Gasteiger partial charge is 0.497 e. The first-order valence-corrected chi connectivity index (χ1v) is 10.6. The first kappa shape index (κ1) is 20.0. The Labute approximate surface area is 177 Å². The highest BCUT2D eigenvalue weighted by atomic mass is 16.5. The van der Waals surface area contributed by atoms with Crippen molar-refractivity contribution in [3.8, 4) is 17.0 Å². The Morgan fingerprint density at radius 2 is 1.90 bits per heavy atom. The molecule has 3 aromatic rings. The Kier molecular flexibility index (Phi) is 6.02. The molecule has 6 nitrogen and oxygen atoms in total. The molecule has 1 fully saturated rings. The van der Waals surface area contributed by atoms with Gasteiger partial charge in [-0.15, -0.1) is 0 Å². The van der Waals surface area contributed by atoms with Crippen LogP contribution in [0.5, 0.6) is 5.75 Å². The van der Waals surface area contributed by atoms with Crippen molar-refractivity contribution in [1.82, 2.24) is 10.2 Å². The molecule has 156 valence electrons. The van der Waals surface area contributed by atoms with Crippen molar-refractivity contribution in [2.75, 3.05) is 30.4 Å². The molecule has 1 amide bonds. The van der Waals surface area contributed by atoms with E-state index in [9.17, 15) is 4.79 Å². The number of nitrogens with one attached hydrogen (secondary N) is 2. The number of piperidine rings is 1. The zero-order valence-corrected chi connectivity index (χ0v) is 17.6. The van der Waals surface area contributed by atoms with Gasteiger partial charge in [0.1, 0.15) is 11.4 Å². The van der Waals surface area contributed by atoms with Gasteiger partial charge in [-0.05, 0) is 56.0 Å². The second kappa shape index (κ2) is 9.03. The minimum atomic E-state index is -0.184. The fraction of sp³-hybridized carbons (Fsp3) is 0.333. The van der Waals surface area contributed by atoms with Gasteiger partial charge in [0.2, 0.25) is 0 Å². The Morgan fingerprint density at radius 1 is 1.13 bits per heavy atom. The number of aryl methyl sites for hydroxylation is 1. The monoisotopic (exact) mass is 404 g/mol. The van der Waals surface area contributed by atoms with E-state index in [4.69, 9.17) is 4.74 Å². The minimum absolute atomic E-state index is 0.184. The summed E-state index contributed by atoms with van der Waals surface area (Å²) in [7, 11) is 1.59. The number of aromatic amines is 1. The molecule has 2 aromatic carbocycles. The highest BCUT2D eigenvalue weighted by molar-refractivity contribution is 6.06. The third-order valence-electron chi connectivity index (χ3n) is 5.63. The predicted octanol–water partition coefficient (Wildman–Crippen LogP) is 4.89. The number of H-pyrrole nitrogens is 1. The van der Waals surface area contributed by atoms with Gasteiger partial charge in [-0.3, -0.25) is 9.89 Å². The molecule has 0 saturated carbocycles. The Morgan fingerprint density at radius 3 is 2.60 bits per heavy atom. The summed E-state index contributed by atoms with van der Waals surface area (Å²) in [5.41, 5.74) is 5.16. The maximum atomic E-state index is 12.9. The molecule has 2 N–H and O–H groups in total. The fourth-order valence-electron chi connectivity index (χ4n) is 3.91. The van der Waals surface area contributed by atoms with Crippen LogP contribution in [0.3, 0.4) is 0 Å². The van der Waals surface area contributed by atoms with E-state index in [0.29, 0.717) is 11.3 Å². The molecule has 30 heavy (non-hydrogen) atoms. The van der Waals surface area contributed by atoms with Crippen molar-refractivity contribution in [2.45, 2.75) is 32.6 Å². The third-order valence-corrected chi connectivity index (χ3v) is 5.63. The molecule has 4 rings (SSSR count). The lowest BCUT2D eigenvalue weighted by molar-refractivity contribution is 0.102. The topological polar surface area (TPSA) is 70.2 Å². The molecule has 0 radical (unpaired) electrons. The summed E-state index contributed by atoms with van der Waals surface area (Å²) in [4.78, 5) is 15.3. The highest BCUT2D eigenvalue weighted by Crippen LogP contribution is 2.31. The zero-order chi connectivity index (χ0) is 20.9. The molecule has 0 bridgehead atoms. The van der Waals surface area contributed by atoms with Crippen molar-refractivity contribution in [3.05, 3.63) is 59.8 Å². The first-order valence-electron chi connectivity index (χ1n) is 10.6. The smallest absolute Gasteiger partial charge is 0.255 e. The van der Waals surface area contributed by atoms with Crippen LogP contribution >= 0.6 is 0 Å². The van der Waals surface area contributed by atoms with E-state index >= 15 is 0 Å². The van der Waals surface area contributed by atoms with Gasteiger partial charge in [-0.25, -0.2) is 0 Å². The van der Waals surface area contributed by atoms with Gasteiger partial charge in [0.15, 0.2) is 0 Å². The second-order valence-electron chi connectivity index (χ2n) is 7.56. The summed E-state index contributed by atoms with van der Waals surface area (Å²) in [6.45, 7) is 4.27. The Hall–Kier alpha value is -3.28. The summed E-state index contributed by atoms with van der Waals surface area (Å²) in [6, 6.07) is 15.6. The summed E-state index contributed by atoms with van der Waals surface area (Å²) >= 11 is 0. The SMILES string of the molecule is CCc1[nH]nc(-c2ccc(N3CCCCC3)cc2)c1NC(=O)c1cccc(OC)c1. The summed E-state index contributed by atoms with van der Waals surface area (Å²) in [6.07, 6.45) is 4.56. The van der Waals surface area contributed by atoms with Gasteiger partial charge in [-0.2, -0.15) is 5.10 Å². The number of aromatic nitrogens is 2. The van der Waals surface area contributed by atoms with Gasteiger partial charge >= 0.3 is 0 Å². The van der Waals surface area contributed by atoms with Gasteiger partial charge in [0.25, 0.3) is 5.91 Å². The average molecular weight is 405 g/mol. The van der Waals surface area contributed by atoms with E-state index in [1.165, 1.54) is 24.9 Å². The van der Waals surface area contributed by atoms with Gasteiger partial charge in [0, 0.05) is 29.9 Å². The molecule has 0 unspecified atom stereocenters. The molecular weight excluding hydrogens is 376 g/mol. The number of methoxy groups -OCH3 is 1. The minimum Gasteiger partial charge on any atom is -0.497 e. The lowest BCUT2D eigenvalue weighted by Crippen LogP contribution is -2.29. The summed E-state index contributed by atoms with van der Waals surface area (Å²) in [5, 5.41) is 10.6. The molecule has 6 heteroatoms. The number of carbonyl (C=O) groups is 1. The number of ether oxygens (including phenoxy) is 1. The molecule has 1 aromatic heterocycles. The predicted molar refractivity (Wildman–Crippen MR) is 120 cm³/mol. The third kappa shape index (κ3) is 4.17. The van der Waals surface area contributed by atoms with E-state index in [1.54, 1.807) is 19.2 Å². The van der Waals surface area contributed by atoms with E-state index in [-0.39, 0.29) is 5.91 Å². The van der Waals surface area contributed by atoms with Crippen LogP contribution in [0, 0.1) is 0 Å².